The number of hydrogen-bond donors (Lipinski definition) is 0. The van der Waals surface area contributed by atoms with E-state index in [4.69, 9.17) is 16.3 Å². The fraction of sp³-hybridized carbons (Fsp3) is 0.286. The zero-order valence-corrected chi connectivity index (χ0v) is 19.4. The lowest BCUT2D eigenvalue weighted by molar-refractivity contribution is 0.169. The minimum absolute atomic E-state index is 0.107. The van der Waals surface area contributed by atoms with E-state index in [1.54, 1.807) is 25.5 Å². The van der Waals surface area contributed by atoms with E-state index < -0.39 is 11.4 Å². The van der Waals surface area contributed by atoms with Crippen molar-refractivity contribution in [3.8, 4) is 11.4 Å². The minimum atomic E-state index is -0.487. The highest BCUT2D eigenvalue weighted by atomic mass is 79.9. The van der Waals surface area contributed by atoms with E-state index in [2.05, 4.69) is 40.9 Å². The highest BCUT2D eigenvalue weighted by molar-refractivity contribution is 9.10. The van der Waals surface area contributed by atoms with Crippen LogP contribution in [-0.4, -0.2) is 52.2 Å². The van der Waals surface area contributed by atoms with E-state index in [-0.39, 0.29) is 6.10 Å². The molecule has 1 aliphatic rings. The molecule has 1 aliphatic heterocycles. The van der Waals surface area contributed by atoms with Gasteiger partial charge in [0.05, 0.1) is 33.8 Å². The number of halogens is 3. The van der Waals surface area contributed by atoms with Crippen LogP contribution in [0.4, 0.5) is 10.3 Å². The molecule has 3 aromatic rings. The molecule has 3 heterocycles. The highest BCUT2D eigenvalue weighted by Crippen LogP contribution is 2.23. The van der Waals surface area contributed by atoms with E-state index in [0.29, 0.717) is 45.7 Å². The lowest BCUT2D eigenvalue weighted by Crippen LogP contribution is -2.39. The average Bonchev–Trinajstić information content (AvgIpc) is 2.79. The summed E-state index contributed by atoms with van der Waals surface area (Å²) in [5.74, 6) is 0.479. The number of aromatic nitrogens is 4. The molecule has 8 nitrogen and oxygen atoms in total. The van der Waals surface area contributed by atoms with Crippen molar-refractivity contribution in [2.75, 3.05) is 25.0 Å². The predicted molar refractivity (Wildman–Crippen MR) is 124 cm³/mol. The average molecular weight is 522 g/mol. The Morgan fingerprint density at radius 3 is 2.62 bits per heavy atom. The zero-order chi connectivity index (χ0) is 22.7. The molecule has 0 amide bonds. The summed E-state index contributed by atoms with van der Waals surface area (Å²) >= 11 is 8.96. The van der Waals surface area contributed by atoms with Crippen molar-refractivity contribution in [1.82, 2.24) is 19.7 Å². The molecule has 0 aliphatic carbocycles. The second-order valence-corrected chi connectivity index (χ2v) is 8.43. The molecule has 0 spiro atoms. The van der Waals surface area contributed by atoms with E-state index >= 15 is 0 Å². The maximum absolute atomic E-state index is 13.9. The lowest BCUT2D eigenvalue weighted by atomic mass is 10.1. The van der Waals surface area contributed by atoms with Crippen LogP contribution >= 0.6 is 27.5 Å². The molecule has 2 aromatic heterocycles. The van der Waals surface area contributed by atoms with Gasteiger partial charge in [0.15, 0.2) is 5.75 Å². The van der Waals surface area contributed by atoms with Crippen LogP contribution in [0.5, 0.6) is 5.75 Å². The topological polar surface area (TPSA) is 85.5 Å². The Kier molecular flexibility index (Phi) is 6.80. The number of piperidine rings is 1. The Bertz CT molecular complexity index is 1200. The van der Waals surface area contributed by atoms with Gasteiger partial charge in [-0.15, -0.1) is 0 Å². The molecule has 1 saturated heterocycles. The fourth-order valence-corrected chi connectivity index (χ4v) is 3.73. The largest absolute Gasteiger partial charge is 0.488 e. The van der Waals surface area contributed by atoms with E-state index in [9.17, 15) is 9.18 Å². The summed E-state index contributed by atoms with van der Waals surface area (Å²) in [6.07, 6.45) is 5.98. The normalized spacial score (nSPS) is 14.8. The van der Waals surface area contributed by atoms with Crippen molar-refractivity contribution in [3.63, 3.8) is 0 Å². The van der Waals surface area contributed by atoms with E-state index in [1.165, 1.54) is 24.4 Å². The van der Waals surface area contributed by atoms with Crippen molar-refractivity contribution in [1.29, 1.82) is 0 Å². The summed E-state index contributed by atoms with van der Waals surface area (Å²) in [7, 11) is 1.60. The number of rotatable bonds is 5. The van der Waals surface area contributed by atoms with Crippen LogP contribution in [0.2, 0.25) is 5.02 Å². The van der Waals surface area contributed by atoms with Crippen LogP contribution < -0.4 is 15.2 Å². The molecule has 0 unspecified atom stereocenters. The summed E-state index contributed by atoms with van der Waals surface area (Å²) in [4.78, 5) is 27.3. The molecule has 0 atom stereocenters. The van der Waals surface area contributed by atoms with Gasteiger partial charge >= 0.3 is 0 Å². The third-order valence-corrected chi connectivity index (χ3v) is 5.79. The van der Waals surface area contributed by atoms with Gasteiger partial charge in [0, 0.05) is 45.1 Å². The third-order valence-electron chi connectivity index (χ3n) is 4.95. The summed E-state index contributed by atoms with van der Waals surface area (Å²) in [6, 6.07) is 5.72. The number of aliphatic imine (C=N–C) groups is 1. The highest BCUT2D eigenvalue weighted by Gasteiger charge is 2.24. The van der Waals surface area contributed by atoms with Crippen LogP contribution in [0.25, 0.3) is 5.69 Å². The Morgan fingerprint density at radius 1 is 1.25 bits per heavy atom. The SMILES string of the molecule is CN=Cc1nn(-c2ccc(Br)c(F)c2)c(=O)cc1OC1CCN(c2ncc(Cl)cn2)CC1. The lowest BCUT2D eigenvalue weighted by Gasteiger charge is -2.32. The van der Waals surface area contributed by atoms with Crippen molar-refractivity contribution in [2.45, 2.75) is 18.9 Å². The number of hydrogen-bond acceptors (Lipinski definition) is 7. The summed E-state index contributed by atoms with van der Waals surface area (Å²) < 4.78 is 21.5. The number of ether oxygens (including phenoxy) is 1. The van der Waals surface area contributed by atoms with Gasteiger partial charge in [-0.25, -0.2) is 14.4 Å². The van der Waals surface area contributed by atoms with Gasteiger partial charge in [0.25, 0.3) is 5.56 Å². The standard InChI is InChI=1S/C21H19BrClFN6O2/c1-25-12-18-19(9-20(31)30(28-18)14-2-3-16(22)17(24)8-14)32-15-4-6-29(7-5-15)21-26-10-13(23)11-27-21/h2-3,8-12,15H,4-7H2,1H3. The van der Waals surface area contributed by atoms with Crippen LogP contribution in [-0.2, 0) is 0 Å². The van der Waals surface area contributed by atoms with Crippen LogP contribution in [0.15, 0.2) is 50.9 Å². The summed E-state index contributed by atoms with van der Waals surface area (Å²) in [5, 5.41) is 4.84. The minimum Gasteiger partial charge on any atom is -0.488 e. The maximum Gasteiger partial charge on any atom is 0.275 e. The quantitative estimate of drug-likeness (QED) is 0.476. The molecule has 0 saturated carbocycles. The van der Waals surface area contributed by atoms with Gasteiger partial charge in [-0.3, -0.25) is 9.79 Å². The van der Waals surface area contributed by atoms with Gasteiger partial charge in [0.2, 0.25) is 5.95 Å². The van der Waals surface area contributed by atoms with Gasteiger partial charge in [-0.1, -0.05) is 11.6 Å². The smallest absolute Gasteiger partial charge is 0.275 e. The summed E-state index contributed by atoms with van der Waals surface area (Å²) in [5.41, 5.74) is 0.269. The molecular formula is C21H19BrClFN6O2. The van der Waals surface area contributed by atoms with Crippen molar-refractivity contribution in [2.24, 2.45) is 4.99 Å². The Balaban J connectivity index is 1.52. The maximum atomic E-state index is 13.9. The number of benzene rings is 1. The second kappa shape index (κ2) is 9.74. The first-order chi connectivity index (χ1) is 15.4. The van der Waals surface area contributed by atoms with Crippen LogP contribution in [0, 0.1) is 5.82 Å². The first-order valence-electron chi connectivity index (χ1n) is 9.85. The molecule has 32 heavy (non-hydrogen) atoms. The van der Waals surface area contributed by atoms with Gasteiger partial charge < -0.3 is 9.64 Å². The Labute approximate surface area is 196 Å². The van der Waals surface area contributed by atoms with E-state index in [1.807, 2.05) is 0 Å². The Morgan fingerprint density at radius 2 is 1.97 bits per heavy atom. The molecule has 0 N–H and O–H groups in total. The molecule has 1 fully saturated rings. The molecule has 4 rings (SSSR count). The molecule has 11 heteroatoms. The van der Waals surface area contributed by atoms with Gasteiger partial charge in [-0.2, -0.15) is 9.78 Å². The van der Waals surface area contributed by atoms with Crippen molar-refractivity contribution >= 4 is 39.7 Å². The third kappa shape index (κ3) is 4.97. The first kappa shape index (κ1) is 22.3. The molecular weight excluding hydrogens is 503 g/mol. The molecule has 1 aromatic carbocycles. The van der Waals surface area contributed by atoms with E-state index in [0.717, 1.165) is 17.5 Å². The number of anilines is 1. The molecule has 0 bridgehead atoms. The zero-order valence-electron chi connectivity index (χ0n) is 17.1. The fourth-order valence-electron chi connectivity index (χ4n) is 3.38. The Hall–Kier alpha value is -2.85. The van der Waals surface area contributed by atoms with Gasteiger partial charge in [0.1, 0.15) is 17.6 Å². The predicted octanol–water partition coefficient (Wildman–Crippen LogP) is 3.67. The van der Waals surface area contributed by atoms with Crippen molar-refractivity contribution in [3.05, 3.63) is 68.0 Å². The molecule has 166 valence electrons. The van der Waals surface area contributed by atoms with Crippen molar-refractivity contribution < 1.29 is 9.13 Å². The molecule has 0 radical (unpaired) electrons. The van der Waals surface area contributed by atoms with Gasteiger partial charge in [-0.05, 0) is 28.1 Å². The second-order valence-electron chi connectivity index (χ2n) is 7.14. The van der Waals surface area contributed by atoms with Crippen LogP contribution in [0.3, 0.4) is 0 Å². The number of nitrogens with zero attached hydrogens (tertiary/aromatic N) is 6. The first-order valence-corrected chi connectivity index (χ1v) is 11.0. The monoisotopic (exact) mass is 520 g/mol. The summed E-state index contributed by atoms with van der Waals surface area (Å²) in [6.45, 7) is 1.40. The van der Waals surface area contributed by atoms with Crippen LogP contribution in [0.1, 0.15) is 18.5 Å².